The molecular weight excluding hydrogens is 334 g/mol. The van der Waals surface area contributed by atoms with E-state index < -0.39 is 11.4 Å². The van der Waals surface area contributed by atoms with Crippen molar-refractivity contribution in [3.05, 3.63) is 47.7 Å². The van der Waals surface area contributed by atoms with Crippen molar-refractivity contribution in [3.63, 3.8) is 0 Å². The second-order valence-electron chi connectivity index (χ2n) is 7.17. The van der Waals surface area contributed by atoms with Crippen LogP contribution in [0, 0.1) is 18.3 Å². The molecule has 2 aliphatic rings. The van der Waals surface area contributed by atoms with Crippen LogP contribution in [0.1, 0.15) is 22.5 Å². The van der Waals surface area contributed by atoms with Crippen molar-refractivity contribution in [2.45, 2.75) is 13.3 Å². The van der Waals surface area contributed by atoms with Gasteiger partial charge in [0.2, 0.25) is 0 Å². The third-order valence-corrected chi connectivity index (χ3v) is 5.54. The predicted molar refractivity (Wildman–Crippen MR) is 93.8 cm³/mol. The molecule has 1 amide bonds. The summed E-state index contributed by atoms with van der Waals surface area (Å²) in [6.45, 7) is 3.28. The highest BCUT2D eigenvalue weighted by molar-refractivity contribution is 5.95. The van der Waals surface area contributed by atoms with Gasteiger partial charge in [0.1, 0.15) is 16.9 Å². The zero-order chi connectivity index (χ0) is 18.3. The number of amides is 1. The molecule has 0 saturated carbocycles. The van der Waals surface area contributed by atoms with E-state index >= 15 is 0 Å². The molecule has 1 N–H and O–H groups in total. The molecule has 6 nitrogen and oxygen atoms in total. The van der Waals surface area contributed by atoms with Gasteiger partial charge in [-0.2, -0.15) is 0 Å². The minimum absolute atomic E-state index is 0.0527. The quantitative estimate of drug-likeness (QED) is 0.916. The maximum atomic E-state index is 12.9. The first-order valence-corrected chi connectivity index (χ1v) is 8.77. The minimum atomic E-state index is -0.973. The number of nitrogens with zero attached hydrogens (tertiary/aromatic N) is 1. The summed E-state index contributed by atoms with van der Waals surface area (Å²) >= 11 is 0. The van der Waals surface area contributed by atoms with Crippen LogP contribution in [-0.2, 0) is 9.53 Å². The molecule has 0 radical (unpaired) electrons. The number of carboxylic acid groups (broad SMARTS) is 1. The summed E-state index contributed by atoms with van der Waals surface area (Å²) in [7, 11) is 0. The van der Waals surface area contributed by atoms with Crippen LogP contribution in [0.15, 0.2) is 40.8 Å². The summed E-state index contributed by atoms with van der Waals surface area (Å²) in [5.74, 6) is 0.531. The molecule has 3 heterocycles. The number of aliphatic carboxylic acids is 1. The monoisotopic (exact) mass is 355 g/mol. The zero-order valence-corrected chi connectivity index (χ0v) is 14.6. The number of likely N-dealkylation sites (tertiary alicyclic amines) is 1. The summed E-state index contributed by atoms with van der Waals surface area (Å²) in [4.78, 5) is 26.4. The van der Waals surface area contributed by atoms with E-state index in [2.05, 4.69) is 0 Å². The van der Waals surface area contributed by atoms with Crippen LogP contribution in [0.25, 0.3) is 11.3 Å². The molecular formula is C20H21NO5. The third kappa shape index (κ3) is 2.70. The number of ether oxygens (including phenoxy) is 1. The first-order chi connectivity index (χ1) is 12.5. The minimum Gasteiger partial charge on any atom is -0.481 e. The maximum Gasteiger partial charge on any atom is 0.314 e. The molecule has 4 rings (SSSR count). The summed E-state index contributed by atoms with van der Waals surface area (Å²) in [6, 6.07) is 11.0. The van der Waals surface area contributed by atoms with Gasteiger partial charge in [-0.15, -0.1) is 0 Å². The van der Waals surface area contributed by atoms with Crippen LogP contribution >= 0.6 is 0 Å². The van der Waals surface area contributed by atoms with Crippen molar-refractivity contribution < 1.29 is 23.8 Å². The largest absolute Gasteiger partial charge is 0.481 e. The molecule has 136 valence electrons. The first kappa shape index (κ1) is 16.8. The van der Waals surface area contributed by atoms with Crippen molar-refractivity contribution in [3.8, 4) is 11.3 Å². The number of furan rings is 1. The van der Waals surface area contributed by atoms with Crippen molar-refractivity contribution >= 4 is 11.9 Å². The van der Waals surface area contributed by atoms with E-state index in [1.807, 2.05) is 31.2 Å². The lowest BCUT2D eigenvalue weighted by Gasteiger charge is -2.33. The fraction of sp³-hybridized carbons (Fsp3) is 0.400. The van der Waals surface area contributed by atoms with Crippen LogP contribution in [0.3, 0.4) is 0 Å². The lowest BCUT2D eigenvalue weighted by Crippen LogP contribution is -2.46. The Balaban J connectivity index is 1.54. The van der Waals surface area contributed by atoms with Gasteiger partial charge in [-0.1, -0.05) is 12.1 Å². The molecule has 2 aliphatic heterocycles. The summed E-state index contributed by atoms with van der Waals surface area (Å²) < 4.78 is 11.0. The average molecular weight is 355 g/mol. The molecule has 26 heavy (non-hydrogen) atoms. The maximum absolute atomic E-state index is 12.9. The molecule has 2 aromatic rings. The lowest BCUT2D eigenvalue weighted by atomic mass is 9.76. The second kappa shape index (κ2) is 6.29. The van der Waals surface area contributed by atoms with Crippen molar-refractivity contribution in [1.82, 2.24) is 4.90 Å². The molecule has 0 spiro atoms. The van der Waals surface area contributed by atoms with E-state index in [0.29, 0.717) is 25.1 Å². The number of benzene rings is 1. The molecule has 1 aromatic heterocycles. The number of carbonyl (C=O) groups excluding carboxylic acids is 1. The predicted octanol–water partition coefficient (Wildman–Crippen LogP) is 2.82. The van der Waals surface area contributed by atoms with Crippen LogP contribution < -0.4 is 0 Å². The van der Waals surface area contributed by atoms with E-state index in [1.165, 1.54) is 0 Å². The fourth-order valence-corrected chi connectivity index (χ4v) is 3.99. The first-order valence-electron chi connectivity index (χ1n) is 8.77. The Morgan fingerprint density at radius 2 is 1.96 bits per heavy atom. The van der Waals surface area contributed by atoms with E-state index in [4.69, 9.17) is 9.15 Å². The molecule has 0 unspecified atom stereocenters. The summed E-state index contributed by atoms with van der Waals surface area (Å²) in [5.41, 5.74) is 0.483. The van der Waals surface area contributed by atoms with Gasteiger partial charge in [-0.3, -0.25) is 9.59 Å². The standard InChI is InChI=1S/C20H21NO5/c1-13-2-7-17(26-13)14-3-5-15(6-4-14)18(22)21-10-16-8-9-25-12-20(16,11-21)19(23)24/h2-7,16H,8-12H2,1H3,(H,23,24)/t16-,20+/m0/s1. The number of fused-ring (bicyclic) bond motifs is 1. The molecule has 2 saturated heterocycles. The molecule has 2 fully saturated rings. The number of aryl methyl sites for hydroxylation is 1. The Bertz CT molecular complexity index is 840. The lowest BCUT2D eigenvalue weighted by molar-refractivity contribution is -0.159. The van der Waals surface area contributed by atoms with E-state index in [1.54, 1.807) is 17.0 Å². The molecule has 6 heteroatoms. The Labute approximate surface area is 151 Å². The third-order valence-electron chi connectivity index (χ3n) is 5.54. The van der Waals surface area contributed by atoms with Gasteiger partial charge >= 0.3 is 5.97 Å². The van der Waals surface area contributed by atoms with Crippen molar-refractivity contribution in [2.75, 3.05) is 26.3 Å². The number of rotatable bonds is 3. The Morgan fingerprint density at radius 1 is 1.19 bits per heavy atom. The van der Waals surface area contributed by atoms with Gasteiger partial charge in [0.05, 0.1) is 6.61 Å². The van der Waals surface area contributed by atoms with Crippen LogP contribution in [0.2, 0.25) is 0 Å². The van der Waals surface area contributed by atoms with E-state index in [-0.39, 0.29) is 25.0 Å². The SMILES string of the molecule is Cc1ccc(-c2ccc(C(=O)N3C[C@@H]4CCOC[C@]4(C(=O)O)C3)cc2)o1. The van der Waals surface area contributed by atoms with Gasteiger partial charge < -0.3 is 19.2 Å². The van der Waals surface area contributed by atoms with Gasteiger partial charge in [0, 0.05) is 30.8 Å². The normalized spacial score (nSPS) is 25.1. The van der Waals surface area contributed by atoms with Crippen LogP contribution in [-0.4, -0.2) is 48.2 Å². The Hall–Kier alpha value is -2.60. The van der Waals surface area contributed by atoms with Crippen LogP contribution in [0.4, 0.5) is 0 Å². The number of carbonyl (C=O) groups is 2. The molecule has 0 bridgehead atoms. The highest BCUT2D eigenvalue weighted by atomic mass is 16.5. The van der Waals surface area contributed by atoms with Gasteiger partial charge in [0.25, 0.3) is 5.91 Å². The highest BCUT2D eigenvalue weighted by Gasteiger charge is 2.55. The smallest absolute Gasteiger partial charge is 0.314 e. The highest BCUT2D eigenvalue weighted by Crippen LogP contribution is 2.42. The number of carboxylic acids is 1. The van der Waals surface area contributed by atoms with E-state index in [9.17, 15) is 14.7 Å². The van der Waals surface area contributed by atoms with Crippen LogP contribution in [0.5, 0.6) is 0 Å². The van der Waals surface area contributed by atoms with Crippen molar-refractivity contribution in [1.29, 1.82) is 0 Å². The van der Waals surface area contributed by atoms with Gasteiger partial charge in [-0.25, -0.2) is 0 Å². The Morgan fingerprint density at radius 3 is 2.58 bits per heavy atom. The molecule has 1 aromatic carbocycles. The number of hydrogen-bond donors (Lipinski definition) is 1. The van der Waals surface area contributed by atoms with Gasteiger partial charge in [0.15, 0.2) is 0 Å². The summed E-state index contributed by atoms with van der Waals surface area (Å²) in [6.07, 6.45) is 0.673. The molecule has 2 atom stereocenters. The topological polar surface area (TPSA) is 80.0 Å². The second-order valence-corrected chi connectivity index (χ2v) is 7.17. The zero-order valence-electron chi connectivity index (χ0n) is 14.6. The van der Waals surface area contributed by atoms with Gasteiger partial charge in [-0.05, 0) is 43.5 Å². The Kier molecular flexibility index (Phi) is 4.07. The average Bonchev–Trinajstić information content (AvgIpc) is 3.25. The fourth-order valence-electron chi connectivity index (χ4n) is 3.99. The van der Waals surface area contributed by atoms with E-state index in [0.717, 1.165) is 17.1 Å². The summed E-state index contributed by atoms with van der Waals surface area (Å²) in [5, 5.41) is 9.71. The van der Waals surface area contributed by atoms with Crippen molar-refractivity contribution in [2.24, 2.45) is 11.3 Å². The molecule has 0 aliphatic carbocycles. The number of hydrogen-bond acceptors (Lipinski definition) is 4.